The van der Waals surface area contributed by atoms with Gasteiger partial charge in [-0.25, -0.2) is 0 Å². The maximum atomic E-state index is 13.5. The average Bonchev–Trinajstić information content (AvgIpc) is 2.92. The molecule has 2 amide bonds. The summed E-state index contributed by atoms with van der Waals surface area (Å²) in [6.45, 7) is 4.06. The second-order valence-electron chi connectivity index (χ2n) is 11.3. The molecule has 204 valence electrons. The first-order chi connectivity index (χ1) is 18.8. The van der Waals surface area contributed by atoms with E-state index in [0.29, 0.717) is 24.8 Å². The van der Waals surface area contributed by atoms with E-state index in [1.165, 1.54) is 4.90 Å². The standard InChI is InChI=1S/C32H38N4O3/c1-4-7-12-26(36-28(37)20-31(5-2,6-3)35-30(36)34)21-14-15-23(24(18-21)29(33)38)25-19-22-11-8-9-13-27(22)39-32(25)16-10-17-32/h1,8-9,11,13-15,18,25-26H,5-7,10,12,16-17,19-20H2,2-3H3,(H2,33,38)(H2,34,35). The van der Waals surface area contributed by atoms with E-state index in [0.717, 1.165) is 61.0 Å². The fourth-order valence-corrected chi connectivity index (χ4v) is 6.66. The van der Waals surface area contributed by atoms with Crippen molar-refractivity contribution in [2.45, 2.75) is 94.7 Å². The SMILES string of the molecule is C#CCCC(c1ccc(C2Cc3ccccc3OC23CCC3)c(C(N)=O)c1)N1C(=N)NC(CC)(CC)CC1=O. The van der Waals surface area contributed by atoms with Crippen molar-refractivity contribution in [2.75, 3.05) is 0 Å². The molecule has 2 unspecified atom stereocenters. The van der Waals surface area contributed by atoms with Gasteiger partial charge in [-0.15, -0.1) is 12.3 Å². The molecule has 39 heavy (non-hydrogen) atoms. The zero-order chi connectivity index (χ0) is 27.8. The summed E-state index contributed by atoms with van der Waals surface area (Å²) in [5.74, 6) is 3.04. The second kappa shape index (κ2) is 10.4. The van der Waals surface area contributed by atoms with Crippen molar-refractivity contribution < 1.29 is 14.3 Å². The number of nitrogens with zero attached hydrogens (tertiary/aromatic N) is 1. The largest absolute Gasteiger partial charge is 0.486 e. The molecule has 4 N–H and O–H groups in total. The number of nitrogens with one attached hydrogen (secondary N) is 2. The van der Waals surface area contributed by atoms with Crippen LogP contribution in [0.5, 0.6) is 5.75 Å². The van der Waals surface area contributed by atoms with Crippen LogP contribution >= 0.6 is 0 Å². The molecule has 1 saturated carbocycles. The molecule has 0 bridgehead atoms. The number of hydrogen-bond donors (Lipinski definition) is 3. The van der Waals surface area contributed by atoms with Gasteiger partial charge in [0, 0.05) is 23.4 Å². The van der Waals surface area contributed by atoms with Crippen LogP contribution in [0.15, 0.2) is 42.5 Å². The average molecular weight is 527 g/mol. The smallest absolute Gasteiger partial charge is 0.249 e. The molecule has 7 heteroatoms. The number of carbonyl (C=O) groups excluding carboxylic acids is 2. The van der Waals surface area contributed by atoms with Gasteiger partial charge in [-0.2, -0.15) is 0 Å². The van der Waals surface area contributed by atoms with Crippen molar-refractivity contribution in [3.05, 3.63) is 64.7 Å². The Hall–Kier alpha value is -3.79. The molecule has 2 aromatic rings. The fourth-order valence-electron chi connectivity index (χ4n) is 6.66. The van der Waals surface area contributed by atoms with Crippen LogP contribution in [-0.2, 0) is 11.2 Å². The molecule has 2 aliphatic heterocycles. The lowest BCUT2D eigenvalue weighted by atomic mass is 9.64. The molecule has 1 spiro atoms. The minimum atomic E-state index is -0.509. The predicted octanol–water partition coefficient (Wildman–Crippen LogP) is 5.20. The number of nitrogens with two attached hydrogens (primary N) is 1. The third kappa shape index (κ3) is 4.67. The highest BCUT2D eigenvalue weighted by atomic mass is 16.5. The highest BCUT2D eigenvalue weighted by Gasteiger charge is 2.51. The summed E-state index contributed by atoms with van der Waals surface area (Å²) in [5, 5.41) is 12.1. The maximum absolute atomic E-state index is 13.5. The lowest BCUT2D eigenvalue weighted by Crippen LogP contribution is -2.62. The topological polar surface area (TPSA) is 109 Å². The van der Waals surface area contributed by atoms with E-state index in [1.807, 2.05) is 50.2 Å². The molecule has 0 aromatic heterocycles. The molecular formula is C32H38N4O3. The molecule has 2 fully saturated rings. The molecule has 7 nitrogen and oxygen atoms in total. The van der Waals surface area contributed by atoms with E-state index in [9.17, 15) is 9.59 Å². The first-order valence-electron chi connectivity index (χ1n) is 14.1. The number of carbonyl (C=O) groups is 2. The molecule has 2 atom stereocenters. The van der Waals surface area contributed by atoms with E-state index in [-0.39, 0.29) is 23.4 Å². The summed E-state index contributed by atoms with van der Waals surface area (Å²) < 4.78 is 6.59. The highest BCUT2D eigenvalue weighted by Crippen LogP contribution is 2.53. The van der Waals surface area contributed by atoms with Crippen molar-refractivity contribution in [1.29, 1.82) is 5.41 Å². The Labute approximate surface area is 231 Å². The van der Waals surface area contributed by atoms with Crippen LogP contribution in [-0.4, -0.2) is 33.8 Å². The van der Waals surface area contributed by atoms with Gasteiger partial charge in [-0.05, 0) is 73.8 Å². The van der Waals surface area contributed by atoms with Crippen molar-refractivity contribution in [2.24, 2.45) is 5.73 Å². The Morgan fingerprint density at radius 2 is 2.00 bits per heavy atom. The summed E-state index contributed by atoms with van der Waals surface area (Å²) in [6, 6.07) is 13.4. The maximum Gasteiger partial charge on any atom is 0.249 e. The number of fused-ring (bicyclic) bond motifs is 1. The van der Waals surface area contributed by atoms with Gasteiger partial charge in [0.2, 0.25) is 11.8 Å². The summed E-state index contributed by atoms with van der Waals surface area (Å²) in [6.07, 6.45) is 12.0. The summed E-state index contributed by atoms with van der Waals surface area (Å²) in [7, 11) is 0. The third-order valence-corrected chi connectivity index (χ3v) is 9.26. The van der Waals surface area contributed by atoms with E-state index < -0.39 is 17.5 Å². The predicted molar refractivity (Wildman–Crippen MR) is 152 cm³/mol. The Balaban J connectivity index is 1.53. The number of benzene rings is 2. The van der Waals surface area contributed by atoms with Gasteiger partial charge in [0.15, 0.2) is 5.96 Å². The summed E-state index contributed by atoms with van der Waals surface area (Å²) in [5.41, 5.74) is 8.43. The van der Waals surface area contributed by atoms with Crippen LogP contribution in [0, 0.1) is 17.8 Å². The van der Waals surface area contributed by atoms with Crippen molar-refractivity contribution in [1.82, 2.24) is 10.2 Å². The van der Waals surface area contributed by atoms with Crippen molar-refractivity contribution in [3.8, 4) is 18.1 Å². The quantitative estimate of drug-likeness (QED) is 0.411. The molecule has 2 heterocycles. The second-order valence-corrected chi connectivity index (χ2v) is 11.3. The first-order valence-corrected chi connectivity index (χ1v) is 14.1. The molecule has 5 rings (SSSR count). The lowest BCUT2D eigenvalue weighted by molar-refractivity contribution is -0.132. The minimum absolute atomic E-state index is 0.00633. The van der Waals surface area contributed by atoms with Gasteiger partial charge in [0.25, 0.3) is 0 Å². The van der Waals surface area contributed by atoms with Crippen LogP contribution < -0.4 is 15.8 Å². The van der Waals surface area contributed by atoms with Gasteiger partial charge in [0.1, 0.15) is 11.4 Å². The van der Waals surface area contributed by atoms with Crippen LogP contribution in [0.25, 0.3) is 0 Å². The van der Waals surface area contributed by atoms with E-state index in [2.05, 4.69) is 17.3 Å². The fraction of sp³-hybridized carbons (Fsp3) is 0.469. The van der Waals surface area contributed by atoms with Crippen molar-refractivity contribution in [3.63, 3.8) is 0 Å². The van der Waals surface area contributed by atoms with Crippen LogP contribution in [0.4, 0.5) is 0 Å². The third-order valence-electron chi connectivity index (χ3n) is 9.26. The van der Waals surface area contributed by atoms with Gasteiger partial charge in [0.05, 0.1) is 12.5 Å². The van der Waals surface area contributed by atoms with Gasteiger partial charge in [-0.3, -0.25) is 19.9 Å². The van der Waals surface area contributed by atoms with Crippen LogP contribution in [0.1, 0.15) is 104 Å². The van der Waals surface area contributed by atoms with Crippen LogP contribution in [0.2, 0.25) is 0 Å². The zero-order valence-corrected chi connectivity index (χ0v) is 22.9. The summed E-state index contributed by atoms with van der Waals surface area (Å²) in [4.78, 5) is 27.9. The number of para-hydroxylation sites is 1. The monoisotopic (exact) mass is 526 g/mol. The van der Waals surface area contributed by atoms with E-state index in [4.69, 9.17) is 22.3 Å². The number of terminal acetylenes is 1. The number of primary amides is 1. The highest BCUT2D eigenvalue weighted by molar-refractivity contribution is 6.00. The molecule has 2 aromatic carbocycles. The summed E-state index contributed by atoms with van der Waals surface area (Å²) >= 11 is 0. The normalized spacial score (nSPS) is 21.7. The first kappa shape index (κ1) is 26.8. The van der Waals surface area contributed by atoms with Crippen LogP contribution in [0.3, 0.4) is 0 Å². The van der Waals surface area contributed by atoms with Crippen molar-refractivity contribution >= 4 is 17.8 Å². The Bertz CT molecular complexity index is 1320. The molecule has 0 radical (unpaired) electrons. The number of guanidine groups is 1. The Morgan fingerprint density at radius 1 is 1.26 bits per heavy atom. The molecule has 1 aliphatic carbocycles. The van der Waals surface area contributed by atoms with Gasteiger partial charge < -0.3 is 15.8 Å². The number of amides is 2. The Kier molecular flexibility index (Phi) is 7.15. The number of hydrogen-bond acceptors (Lipinski definition) is 4. The number of rotatable bonds is 8. The minimum Gasteiger partial charge on any atom is -0.486 e. The van der Waals surface area contributed by atoms with E-state index in [1.54, 1.807) is 0 Å². The zero-order valence-electron chi connectivity index (χ0n) is 22.9. The van der Waals surface area contributed by atoms with Gasteiger partial charge in [-0.1, -0.05) is 44.2 Å². The lowest BCUT2D eigenvalue weighted by Gasteiger charge is -2.51. The Morgan fingerprint density at radius 3 is 2.62 bits per heavy atom. The molecule has 1 saturated heterocycles. The van der Waals surface area contributed by atoms with Gasteiger partial charge >= 0.3 is 0 Å². The molecule has 3 aliphatic rings. The molecular weight excluding hydrogens is 488 g/mol. The number of ether oxygens (including phenoxy) is 1. The van der Waals surface area contributed by atoms with E-state index >= 15 is 0 Å².